The van der Waals surface area contributed by atoms with Crippen LogP contribution in [0, 0.1) is 18.6 Å². The van der Waals surface area contributed by atoms with Crippen molar-refractivity contribution in [1.82, 2.24) is 20.4 Å². The van der Waals surface area contributed by atoms with Gasteiger partial charge in [0.25, 0.3) is 11.8 Å². The Bertz CT molecular complexity index is 1530. The zero-order valence-corrected chi connectivity index (χ0v) is 21.9. The lowest BCUT2D eigenvalue weighted by Crippen LogP contribution is -2.45. The minimum absolute atomic E-state index is 0.00432. The van der Waals surface area contributed by atoms with E-state index in [2.05, 4.69) is 15.7 Å². The molecule has 0 aliphatic heterocycles. The molecule has 0 radical (unpaired) electrons. The summed E-state index contributed by atoms with van der Waals surface area (Å²) in [4.78, 5) is 37.3. The first-order valence-electron chi connectivity index (χ1n) is 12.1. The first kappa shape index (κ1) is 27.7. The molecule has 8 nitrogen and oxygen atoms in total. The molecule has 0 bridgehead atoms. The van der Waals surface area contributed by atoms with Gasteiger partial charge in [0, 0.05) is 29.8 Å². The highest BCUT2D eigenvalue weighted by Gasteiger charge is 2.23. The normalized spacial score (nSPS) is 11.7. The molecule has 0 aliphatic rings. The van der Waals surface area contributed by atoms with Crippen LogP contribution in [0.3, 0.4) is 0 Å². The number of aryl methyl sites for hydroxylation is 2. The third-order valence-corrected chi connectivity index (χ3v) is 6.41. The first-order valence-corrected chi connectivity index (χ1v) is 12.5. The fraction of sp³-hybridized carbons (Fsp3) is 0.214. The lowest BCUT2D eigenvalue weighted by atomic mass is 10.0. The van der Waals surface area contributed by atoms with Crippen molar-refractivity contribution in [1.29, 1.82) is 0 Å². The van der Waals surface area contributed by atoms with Crippen LogP contribution in [-0.2, 0) is 13.0 Å². The summed E-state index contributed by atoms with van der Waals surface area (Å²) in [6, 6.07) is 10.5. The SMILES string of the molecule is CCn1ncc(Cl)c1-c1cc(C(=O)N[C@H](CNC(=O)c2ccccc2C=O)Cc2ccc(F)c(F)c2)oc1C. The molecule has 2 aromatic carbocycles. The molecular formula is C28H25ClF2N4O4. The van der Waals surface area contributed by atoms with E-state index in [-0.39, 0.29) is 29.9 Å². The number of nitrogens with one attached hydrogen (secondary N) is 2. The summed E-state index contributed by atoms with van der Waals surface area (Å²) in [5, 5.41) is 10.1. The van der Waals surface area contributed by atoms with Gasteiger partial charge in [0.15, 0.2) is 23.7 Å². The molecule has 2 N–H and O–H groups in total. The number of benzene rings is 2. The van der Waals surface area contributed by atoms with Crippen LogP contribution in [0.1, 0.15) is 49.5 Å². The third kappa shape index (κ3) is 6.23. The monoisotopic (exact) mass is 554 g/mol. The first-order chi connectivity index (χ1) is 18.7. The molecule has 2 heterocycles. The highest BCUT2D eigenvalue weighted by atomic mass is 35.5. The van der Waals surface area contributed by atoms with Gasteiger partial charge in [0.05, 0.1) is 23.0 Å². The highest BCUT2D eigenvalue weighted by Crippen LogP contribution is 2.32. The molecule has 0 saturated heterocycles. The summed E-state index contributed by atoms with van der Waals surface area (Å²) in [5.74, 6) is -2.69. The molecule has 39 heavy (non-hydrogen) atoms. The van der Waals surface area contributed by atoms with Crippen LogP contribution in [-0.4, -0.2) is 40.5 Å². The van der Waals surface area contributed by atoms with Crippen molar-refractivity contribution in [2.24, 2.45) is 0 Å². The van der Waals surface area contributed by atoms with Crippen molar-refractivity contribution in [3.8, 4) is 11.3 Å². The number of halogens is 3. The molecule has 0 unspecified atom stereocenters. The predicted molar refractivity (Wildman–Crippen MR) is 141 cm³/mol. The van der Waals surface area contributed by atoms with Crippen molar-refractivity contribution in [3.05, 3.63) is 99.6 Å². The average molecular weight is 555 g/mol. The zero-order chi connectivity index (χ0) is 28.1. The number of nitrogens with zero attached hydrogens (tertiary/aromatic N) is 2. The maximum absolute atomic E-state index is 13.9. The number of rotatable bonds is 10. The predicted octanol–water partition coefficient (Wildman–Crippen LogP) is 4.99. The van der Waals surface area contributed by atoms with Gasteiger partial charge in [-0.1, -0.05) is 35.9 Å². The number of carbonyl (C=O) groups is 3. The highest BCUT2D eigenvalue weighted by molar-refractivity contribution is 6.33. The number of carbonyl (C=O) groups excluding carboxylic acids is 3. The van der Waals surface area contributed by atoms with Gasteiger partial charge >= 0.3 is 0 Å². The summed E-state index contributed by atoms with van der Waals surface area (Å²) < 4.78 is 34.7. The topological polar surface area (TPSA) is 106 Å². The van der Waals surface area contributed by atoms with Crippen molar-refractivity contribution >= 4 is 29.7 Å². The molecule has 4 rings (SSSR count). The van der Waals surface area contributed by atoms with Crippen molar-refractivity contribution < 1.29 is 27.6 Å². The fourth-order valence-corrected chi connectivity index (χ4v) is 4.44. The Morgan fingerprint density at radius 1 is 1.13 bits per heavy atom. The van der Waals surface area contributed by atoms with Crippen molar-refractivity contribution in [3.63, 3.8) is 0 Å². The summed E-state index contributed by atoms with van der Waals surface area (Å²) >= 11 is 6.32. The van der Waals surface area contributed by atoms with Crippen LogP contribution in [0.5, 0.6) is 0 Å². The Hall–Kier alpha value is -4.31. The molecule has 0 aliphatic carbocycles. The lowest BCUT2D eigenvalue weighted by Gasteiger charge is -2.19. The summed E-state index contributed by atoms with van der Waals surface area (Å²) in [6.45, 7) is 4.08. The van der Waals surface area contributed by atoms with E-state index in [1.165, 1.54) is 24.4 Å². The number of hydrogen-bond donors (Lipinski definition) is 2. The van der Waals surface area contributed by atoms with Crippen LogP contribution in [0.4, 0.5) is 8.78 Å². The van der Waals surface area contributed by atoms with Gasteiger partial charge < -0.3 is 15.1 Å². The van der Waals surface area contributed by atoms with Gasteiger partial charge in [-0.2, -0.15) is 5.10 Å². The van der Waals surface area contributed by atoms with E-state index in [0.29, 0.717) is 40.4 Å². The van der Waals surface area contributed by atoms with E-state index >= 15 is 0 Å². The molecule has 2 aromatic heterocycles. The molecule has 0 saturated carbocycles. The Morgan fingerprint density at radius 3 is 2.62 bits per heavy atom. The fourth-order valence-electron chi connectivity index (χ4n) is 4.20. The quantitative estimate of drug-likeness (QED) is 0.269. The van der Waals surface area contributed by atoms with Gasteiger partial charge in [-0.05, 0) is 50.1 Å². The van der Waals surface area contributed by atoms with Gasteiger partial charge in [-0.25, -0.2) is 8.78 Å². The number of hydrogen-bond acceptors (Lipinski definition) is 5. The van der Waals surface area contributed by atoms with E-state index in [4.69, 9.17) is 16.0 Å². The Balaban J connectivity index is 1.56. The van der Waals surface area contributed by atoms with Crippen molar-refractivity contribution in [2.75, 3.05) is 6.54 Å². The molecule has 202 valence electrons. The minimum atomic E-state index is -1.03. The molecule has 1 atom stereocenters. The molecule has 4 aromatic rings. The zero-order valence-electron chi connectivity index (χ0n) is 21.1. The Labute approximate surface area is 228 Å². The van der Waals surface area contributed by atoms with E-state index < -0.39 is 29.5 Å². The summed E-state index contributed by atoms with van der Waals surface area (Å²) in [6.07, 6.45) is 2.15. The lowest BCUT2D eigenvalue weighted by molar-refractivity contribution is 0.0888. The molecule has 2 amide bonds. The number of furan rings is 1. The van der Waals surface area contributed by atoms with Crippen LogP contribution in [0.15, 0.2) is 59.1 Å². The molecular weight excluding hydrogens is 530 g/mol. The summed E-state index contributed by atoms with van der Waals surface area (Å²) in [5.41, 5.74) is 1.98. The van der Waals surface area contributed by atoms with E-state index in [0.717, 1.165) is 12.1 Å². The largest absolute Gasteiger partial charge is 0.455 e. The second-order valence-corrected chi connectivity index (χ2v) is 9.18. The van der Waals surface area contributed by atoms with Crippen LogP contribution >= 0.6 is 11.6 Å². The van der Waals surface area contributed by atoms with Gasteiger partial charge in [-0.15, -0.1) is 0 Å². The van der Waals surface area contributed by atoms with E-state index in [1.807, 2.05) is 6.92 Å². The number of aromatic nitrogens is 2. The molecule has 0 spiro atoms. The van der Waals surface area contributed by atoms with Crippen LogP contribution < -0.4 is 10.6 Å². The minimum Gasteiger partial charge on any atom is -0.455 e. The van der Waals surface area contributed by atoms with Gasteiger partial charge in [0.1, 0.15) is 5.76 Å². The van der Waals surface area contributed by atoms with Gasteiger partial charge in [0.2, 0.25) is 0 Å². The second-order valence-electron chi connectivity index (χ2n) is 8.78. The van der Waals surface area contributed by atoms with Crippen LogP contribution in [0.2, 0.25) is 5.02 Å². The average Bonchev–Trinajstić information content (AvgIpc) is 3.50. The molecule has 0 fully saturated rings. The third-order valence-electron chi connectivity index (χ3n) is 6.13. The second kappa shape index (κ2) is 12.0. The Kier molecular flexibility index (Phi) is 8.55. The standard InChI is InChI=1S/C28H25ClF2N4O4/c1-3-35-26(22(29)14-33-35)21-12-25(39-16(21)2)28(38)34-19(10-17-8-9-23(30)24(31)11-17)13-32-27(37)20-7-5-4-6-18(20)15-36/h4-9,11-12,14-15,19H,3,10,13H2,1-2H3,(H,32,37)(H,34,38)/t19-/m0/s1. The van der Waals surface area contributed by atoms with E-state index in [1.54, 1.807) is 29.8 Å². The van der Waals surface area contributed by atoms with E-state index in [9.17, 15) is 23.2 Å². The smallest absolute Gasteiger partial charge is 0.287 e. The van der Waals surface area contributed by atoms with Gasteiger partial charge in [-0.3, -0.25) is 19.1 Å². The number of aldehydes is 1. The Morgan fingerprint density at radius 2 is 1.90 bits per heavy atom. The molecule has 11 heteroatoms. The summed E-state index contributed by atoms with van der Waals surface area (Å²) in [7, 11) is 0. The maximum atomic E-state index is 13.9. The van der Waals surface area contributed by atoms with Crippen LogP contribution in [0.25, 0.3) is 11.3 Å². The number of amides is 2. The van der Waals surface area contributed by atoms with Crippen molar-refractivity contribution in [2.45, 2.75) is 32.9 Å². The maximum Gasteiger partial charge on any atom is 0.287 e.